The van der Waals surface area contributed by atoms with Gasteiger partial charge in [-0.2, -0.15) is 0 Å². The van der Waals surface area contributed by atoms with Gasteiger partial charge in [0.05, 0.1) is 12.8 Å². The van der Waals surface area contributed by atoms with Crippen LogP contribution < -0.4 is 15.0 Å². The Bertz CT molecular complexity index is 420. The van der Waals surface area contributed by atoms with Gasteiger partial charge in [-0.1, -0.05) is 12.1 Å². The number of nitrogens with one attached hydrogen (secondary N) is 1. The molecule has 21 heavy (non-hydrogen) atoms. The number of ether oxygens (including phenoxy) is 1. The Hall–Kier alpha value is -1.30. The van der Waals surface area contributed by atoms with Crippen molar-refractivity contribution in [3.05, 3.63) is 24.3 Å². The molecule has 0 aliphatic carbocycles. The molecule has 0 bridgehead atoms. The van der Waals surface area contributed by atoms with E-state index in [4.69, 9.17) is 9.84 Å². The van der Waals surface area contributed by atoms with Gasteiger partial charge in [-0.05, 0) is 25.6 Å². The molecule has 1 saturated heterocycles. The van der Waals surface area contributed by atoms with Gasteiger partial charge in [-0.25, -0.2) is 0 Å². The van der Waals surface area contributed by atoms with Gasteiger partial charge in [0.25, 0.3) is 0 Å². The molecule has 1 aliphatic heterocycles. The molecule has 2 rings (SSSR count). The number of para-hydroxylation sites is 2. The number of rotatable bonds is 7. The van der Waals surface area contributed by atoms with Gasteiger partial charge in [0.1, 0.15) is 5.75 Å². The van der Waals surface area contributed by atoms with Crippen molar-refractivity contribution >= 4 is 5.69 Å². The number of hydrogen-bond donors (Lipinski definition) is 2. The third-order valence-electron chi connectivity index (χ3n) is 4.16. The lowest BCUT2D eigenvalue weighted by molar-refractivity contribution is 0.204. The van der Waals surface area contributed by atoms with Crippen molar-refractivity contribution in [3.63, 3.8) is 0 Å². The molecule has 1 fully saturated rings. The highest BCUT2D eigenvalue weighted by atomic mass is 16.5. The van der Waals surface area contributed by atoms with E-state index in [-0.39, 0.29) is 6.61 Å². The molecule has 0 saturated carbocycles. The highest BCUT2D eigenvalue weighted by Gasteiger charge is 2.21. The van der Waals surface area contributed by atoms with E-state index < -0.39 is 0 Å². The number of piperazine rings is 1. The van der Waals surface area contributed by atoms with Gasteiger partial charge in [-0.15, -0.1) is 0 Å². The number of methoxy groups -OCH3 is 1. The van der Waals surface area contributed by atoms with E-state index in [2.05, 4.69) is 27.2 Å². The molecule has 0 aromatic heterocycles. The average molecular weight is 293 g/mol. The van der Waals surface area contributed by atoms with Gasteiger partial charge in [-0.3, -0.25) is 4.90 Å². The fraction of sp³-hybridized carbons (Fsp3) is 0.625. The zero-order chi connectivity index (χ0) is 15.1. The van der Waals surface area contributed by atoms with E-state index in [9.17, 15) is 0 Å². The molecule has 2 N–H and O–H groups in total. The molecule has 0 spiro atoms. The van der Waals surface area contributed by atoms with Crippen LogP contribution in [0.3, 0.4) is 0 Å². The number of likely N-dealkylation sites (N-methyl/N-ethyl adjacent to an activating group) is 1. The van der Waals surface area contributed by atoms with Crippen molar-refractivity contribution < 1.29 is 9.84 Å². The molecule has 1 heterocycles. The number of hydrogen-bond acceptors (Lipinski definition) is 5. The quantitative estimate of drug-likeness (QED) is 0.778. The van der Waals surface area contributed by atoms with Crippen molar-refractivity contribution in [2.45, 2.75) is 12.5 Å². The highest BCUT2D eigenvalue weighted by Crippen LogP contribution is 2.28. The lowest BCUT2D eigenvalue weighted by atomic mass is 10.1. The van der Waals surface area contributed by atoms with Crippen LogP contribution in [-0.2, 0) is 0 Å². The van der Waals surface area contributed by atoms with Crippen LogP contribution in [0, 0.1) is 0 Å². The Morgan fingerprint density at radius 2 is 1.95 bits per heavy atom. The standard InChI is InChI=1S/C16H27N3O2/c1-17-14(7-12-20)13-18-8-10-19(11-9-18)15-5-3-4-6-16(15)21-2/h3-6,14,17,20H,7-13H2,1-2H3. The first-order valence-electron chi connectivity index (χ1n) is 7.67. The topological polar surface area (TPSA) is 48.0 Å². The maximum Gasteiger partial charge on any atom is 0.142 e. The molecule has 5 heteroatoms. The summed E-state index contributed by atoms with van der Waals surface area (Å²) in [6.07, 6.45) is 0.809. The molecule has 1 atom stereocenters. The number of aliphatic hydroxyl groups is 1. The molecule has 0 radical (unpaired) electrons. The number of anilines is 1. The second-order valence-electron chi connectivity index (χ2n) is 5.46. The zero-order valence-corrected chi connectivity index (χ0v) is 13.1. The van der Waals surface area contributed by atoms with E-state index in [1.54, 1.807) is 7.11 Å². The summed E-state index contributed by atoms with van der Waals surface area (Å²) in [5, 5.41) is 12.3. The highest BCUT2D eigenvalue weighted by molar-refractivity contribution is 5.58. The molecule has 0 amide bonds. The van der Waals surface area contributed by atoms with Gasteiger partial charge >= 0.3 is 0 Å². The summed E-state index contributed by atoms with van der Waals surface area (Å²) in [4.78, 5) is 4.85. The molecular formula is C16H27N3O2. The Kier molecular flexibility index (Phi) is 6.29. The molecule has 5 nitrogen and oxygen atoms in total. The van der Waals surface area contributed by atoms with E-state index in [1.807, 2.05) is 19.2 Å². The van der Waals surface area contributed by atoms with Crippen LogP contribution in [0.25, 0.3) is 0 Å². The van der Waals surface area contributed by atoms with Crippen molar-refractivity contribution in [2.75, 3.05) is 58.4 Å². The minimum absolute atomic E-state index is 0.243. The van der Waals surface area contributed by atoms with E-state index in [0.717, 1.165) is 44.9 Å². The van der Waals surface area contributed by atoms with E-state index >= 15 is 0 Å². The first kappa shape index (κ1) is 16.1. The largest absolute Gasteiger partial charge is 0.495 e. The van der Waals surface area contributed by atoms with Crippen molar-refractivity contribution in [3.8, 4) is 5.75 Å². The van der Waals surface area contributed by atoms with Crippen LogP contribution in [-0.4, -0.2) is 69.5 Å². The van der Waals surface area contributed by atoms with Gasteiger partial charge < -0.3 is 20.1 Å². The minimum atomic E-state index is 0.243. The Balaban J connectivity index is 1.88. The number of nitrogens with zero attached hydrogens (tertiary/aromatic N) is 2. The fourth-order valence-electron chi connectivity index (χ4n) is 2.86. The summed E-state index contributed by atoms with van der Waals surface area (Å²) >= 11 is 0. The molecule has 118 valence electrons. The maximum atomic E-state index is 9.07. The third kappa shape index (κ3) is 4.33. The minimum Gasteiger partial charge on any atom is -0.495 e. The van der Waals surface area contributed by atoms with Gasteiger partial charge in [0.15, 0.2) is 0 Å². The smallest absolute Gasteiger partial charge is 0.142 e. The Labute approximate surface area is 127 Å². The first-order valence-corrected chi connectivity index (χ1v) is 7.67. The third-order valence-corrected chi connectivity index (χ3v) is 4.16. The molecule has 1 aromatic carbocycles. The maximum absolute atomic E-state index is 9.07. The fourth-order valence-corrected chi connectivity index (χ4v) is 2.86. The summed E-state index contributed by atoms with van der Waals surface area (Å²) in [6.45, 7) is 5.35. The molecule has 1 aliphatic rings. The van der Waals surface area contributed by atoms with Gasteiger partial charge in [0, 0.05) is 45.4 Å². The Morgan fingerprint density at radius 3 is 2.57 bits per heavy atom. The van der Waals surface area contributed by atoms with Crippen LogP contribution in [0.1, 0.15) is 6.42 Å². The summed E-state index contributed by atoms with van der Waals surface area (Å²) in [7, 11) is 3.69. The van der Waals surface area contributed by atoms with E-state index in [1.165, 1.54) is 5.69 Å². The first-order chi connectivity index (χ1) is 10.3. The lowest BCUT2D eigenvalue weighted by Gasteiger charge is -2.38. The second-order valence-corrected chi connectivity index (χ2v) is 5.46. The average Bonchev–Trinajstić information content (AvgIpc) is 2.55. The van der Waals surface area contributed by atoms with Crippen molar-refractivity contribution in [1.29, 1.82) is 0 Å². The summed E-state index contributed by atoms with van der Waals surface area (Å²) in [6, 6.07) is 8.57. The van der Waals surface area contributed by atoms with Crippen LogP contribution in [0.2, 0.25) is 0 Å². The van der Waals surface area contributed by atoms with Crippen LogP contribution >= 0.6 is 0 Å². The van der Waals surface area contributed by atoms with Crippen molar-refractivity contribution in [2.24, 2.45) is 0 Å². The SMILES string of the molecule is CNC(CCO)CN1CCN(c2ccccc2OC)CC1. The van der Waals surface area contributed by atoms with Crippen molar-refractivity contribution in [1.82, 2.24) is 10.2 Å². The summed E-state index contributed by atoms with van der Waals surface area (Å²) in [5.41, 5.74) is 1.18. The van der Waals surface area contributed by atoms with Crippen LogP contribution in [0.5, 0.6) is 5.75 Å². The predicted octanol–water partition coefficient (Wildman–Crippen LogP) is 0.788. The second kappa shape index (κ2) is 8.22. The monoisotopic (exact) mass is 293 g/mol. The summed E-state index contributed by atoms with van der Waals surface area (Å²) < 4.78 is 5.45. The van der Waals surface area contributed by atoms with Gasteiger partial charge in [0.2, 0.25) is 0 Å². The molecule has 1 unspecified atom stereocenters. The summed E-state index contributed by atoms with van der Waals surface area (Å²) in [5.74, 6) is 0.944. The lowest BCUT2D eigenvalue weighted by Crippen LogP contribution is -2.50. The molecular weight excluding hydrogens is 266 g/mol. The van der Waals surface area contributed by atoms with Crippen LogP contribution in [0.4, 0.5) is 5.69 Å². The number of benzene rings is 1. The van der Waals surface area contributed by atoms with Crippen LogP contribution in [0.15, 0.2) is 24.3 Å². The zero-order valence-electron chi connectivity index (χ0n) is 13.1. The predicted molar refractivity (Wildman–Crippen MR) is 86.2 cm³/mol. The normalized spacial score (nSPS) is 17.8. The Morgan fingerprint density at radius 1 is 1.24 bits per heavy atom. The molecule has 1 aromatic rings. The number of aliphatic hydroxyl groups excluding tert-OH is 1. The van der Waals surface area contributed by atoms with E-state index in [0.29, 0.717) is 6.04 Å².